The van der Waals surface area contributed by atoms with Crippen LogP contribution in [-0.2, 0) is 9.53 Å². The lowest BCUT2D eigenvalue weighted by Crippen LogP contribution is -2.43. The molecule has 5 rings (SSSR count). The number of benzene rings is 1. The van der Waals surface area contributed by atoms with Crippen molar-refractivity contribution < 1.29 is 19.1 Å². The van der Waals surface area contributed by atoms with E-state index in [0.717, 1.165) is 36.8 Å². The number of aromatic nitrogens is 3. The number of anilines is 1. The fourth-order valence-corrected chi connectivity index (χ4v) is 7.13. The second-order valence-corrected chi connectivity index (χ2v) is 15.5. The molecule has 48 heavy (non-hydrogen) atoms. The molecule has 1 aromatic carbocycles. The van der Waals surface area contributed by atoms with Gasteiger partial charge in [-0.15, -0.1) is 0 Å². The lowest BCUT2D eigenvalue weighted by Gasteiger charge is -2.35. The fourth-order valence-electron chi connectivity index (χ4n) is 6.86. The minimum absolute atomic E-state index is 0.0184. The maximum absolute atomic E-state index is 14.4. The number of carbonyl (C=O) groups is 2. The maximum Gasteiger partial charge on any atom is 0.407 e. The van der Waals surface area contributed by atoms with E-state index in [-0.39, 0.29) is 35.5 Å². The van der Waals surface area contributed by atoms with Gasteiger partial charge in [0, 0.05) is 43.0 Å². The molecule has 2 amide bonds. The van der Waals surface area contributed by atoms with Gasteiger partial charge in [-0.1, -0.05) is 38.4 Å². The minimum Gasteiger partial charge on any atom is -0.495 e. The van der Waals surface area contributed by atoms with Crippen LogP contribution < -0.4 is 15.0 Å². The summed E-state index contributed by atoms with van der Waals surface area (Å²) in [5, 5.41) is 8.04. The zero-order valence-corrected chi connectivity index (χ0v) is 30.1. The van der Waals surface area contributed by atoms with Gasteiger partial charge >= 0.3 is 6.09 Å². The van der Waals surface area contributed by atoms with Crippen molar-refractivity contribution in [1.82, 2.24) is 20.1 Å². The molecule has 1 N–H and O–H groups in total. The number of alkyl carbamates (subject to hydrolysis) is 1. The second kappa shape index (κ2) is 15.7. The Kier molecular flexibility index (Phi) is 11.7. The molecule has 0 aliphatic heterocycles. The highest BCUT2D eigenvalue weighted by Crippen LogP contribution is 2.39. The van der Waals surface area contributed by atoms with Gasteiger partial charge in [-0.05, 0) is 118 Å². The largest absolute Gasteiger partial charge is 0.495 e. The third kappa shape index (κ3) is 9.30. The Morgan fingerprint density at radius 2 is 1.75 bits per heavy atom. The van der Waals surface area contributed by atoms with Gasteiger partial charge in [0.05, 0.1) is 18.3 Å². The molecular formula is C38H52ClN5O4. The molecular weight excluding hydrogens is 626 g/mol. The van der Waals surface area contributed by atoms with E-state index < -0.39 is 0 Å². The molecule has 260 valence electrons. The second-order valence-electron chi connectivity index (χ2n) is 15.1. The number of methoxy groups -OCH3 is 1. The first-order valence-electron chi connectivity index (χ1n) is 17.5. The number of halogens is 1. The molecule has 2 fully saturated rings. The SMILES string of the molecule is COc1ccc(C2CCC(CN(C(=O)C3CCC(OC(=O)NCC(C)(C)C)CC3)c3cc(-c4cnn(C(C)C)c4)ccn3)CC2)cc1Cl. The number of amides is 2. The van der Waals surface area contributed by atoms with Crippen LogP contribution in [-0.4, -0.2) is 53.1 Å². The van der Waals surface area contributed by atoms with E-state index in [1.165, 1.54) is 5.56 Å². The van der Waals surface area contributed by atoms with E-state index in [0.29, 0.717) is 67.2 Å². The monoisotopic (exact) mass is 677 g/mol. The third-order valence-corrected chi connectivity index (χ3v) is 10.0. The molecule has 2 aromatic heterocycles. The van der Waals surface area contributed by atoms with Crippen molar-refractivity contribution in [3.8, 4) is 16.9 Å². The Morgan fingerprint density at radius 1 is 1.02 bits per heavy atom. The summed E-state index contributed by atoms with van der Waals surface area (Å²) in [4.78, 5) is 33.4. The topological polar surface area (TPSA) is 98.6 Å². The van der Waals surface area contributed by atoms with Crippen LogP contribution in [0.1, 0.15) is 104 Å². The standard InChI is InChI=1S/C38H52ClN5O4/c1-25(2)44-23-31(21-42-44)30-17-18-40-35(20-30)43(22-26-7-9-27(10-8-26)29-13-16-34(47-6)33(39)19-29)36(45)28-11-14-32(15-12-28)48-37(46)41-24-38(3,4)5/h13,16-21,23,25-28,32H,7-12,14-15,22,24H2,1-6H3,(H,41,46). The average molecular weight is 678 g/mol. The Morgan fingerprint density at radius 3 is 2.38 bits per heavy atom. The number of nitrogens with zero attached hydrogens (tertiary/aromatic N) is 4. The summed E-state index contributed by atoms with van der Waals surface area (Å²) in [7, 11) is 1.63. The quantitative estimate of drug-likeness (QED) is 0.230. The van der Waals surface area contributed by atoms with Crippen molar-refractivity contribution in [2.75, 3.05) is 25.1 Å². The Labute approximate surface area is 290 Å². The Balaban J connectivity index is 1.28. The number of ether oxygens (including phenoxy) is 2. The first kappa shape index (κ1) is 35.7. The van der Waals surface area contributed by atoms with Crippen molar-refractivity contribution in [2.45, 2.75) is 104 Å². The predicted octanol–water partition coefficient (Wildman–Crippen LogP) is 8.83. The number of rotatable bonds is 10. The van der Waals surface area contributed by atoms with Crippen LogP contribution in [0.25, 0.3) is 11.1 Å². The van der Waals surface area contributed by atoms with E-state index in [9.17, 15) is 9.59 Å². The van der Waals surface area contributed by atoms with Crippen LogP contribution in [0.3, 0.4) is 0 Å². The van der Waals surface area contributed by atoms with Crippen LogP contribution in [0, 0.1) is 17.3 Å². The van der Waals surface area contributed by atoms with Crippen molar-refractivity contribution in [3.05, 3.63) is 59.5 Å². The molecule has 2 saturated carbocycles. The van der Waals surface area contributed by atoms with Gasteiger partial charge in [0.2, 0.25) is 5.91 Å². The molecule has 0 atom stereocenters. The number of nitrogens with one attached hydrogen (secondary N) is 1. The summed E-state index contributed by atoms with van der Waals surface area (Å²) >= 11 is 6.45. The number of pyridine rings is 1. The molecule has 0 spiro atoms. The van der Waals surface area contributed by atoms with Crippen molar-refractivity contribution >= 4 is 29.4 Å². The normalized spacial score (nSPS) is 21.5. The smallest absolute Gasteiger partial charge is 0.407 e. The minimum atomic E-state index is -0.379. The van der Waals surface area contributed by atoms with Gasteiger partial charge in [0.1, 0.15) is 17.7 Å². The van der Waals surface area contributed by atoms with Crippen LogP contribution in [0.4, 0.5) is 10.6 Å². The molecule has 2 aliphatic carbocycles. The fraction of sp³-hybridized carbons (Fsp3) is 0.579. The van der Waals surface area contributed by atoms with Gasteiger partial charge in [-0.2, -0.15) is 5.10 Å². The first-order chi connectivity index (χ1) is 22.9. The van der Waals surface area contributed by atoms with E-state index >= 15 is 0 Å². The lowest BCUT2D eigenvalue weighted by atomic mass is 9.78. The molecule has 0 unspecified atom stereocenters. The summed E-state index contributed by atoms with van der Waals surface area (Å²) in [5.41, 5.74) is 3.22. The van der Waals surface area contributed by atoms with Gasteiger partial charge in [-0.3, -0.25) is 14.4 Å². The third-order valence-electron chi connectivity index (χ3n) is 9.75. The highest BCUT2D eigenvalue weighted by molar-refractivity contribution is 6.32. The summed E-state index contributed by atoms with van der Waals surface area (Å²) in [6.45, 7) is 11.6. The van der Waals surface area contributed by atoms with Crippen LogP contribution >= 0.6 is 11.6 Å². The molecule has 9 nitrogen and oxygen atoms in total. The highest BCUT2D eigenvalue weighted by Gasteiger charge is 2.34. The van der Waals surface area contributed by atoms with E-state index in [4.69, 9.17) is 26.1 Å². The zero-order chi connectivity index (χ0) is 34.4. The summed E-state index contributed by atoms with van der Waals surface area (Å²) in [6, 6.07) is 10.4. The first-order valence-corrected chi connectivity index (χ1v) is 17.9. The van der Waals surface area contributed by atoms with Crippen molar-refractivity contribution in [2.24, 2.45) is 17.3 Å². The molecule has 2 heterocycles. The predicted molar refractivity (Wildman–Crippen MR) is 191 cm³/mol. The maximum atomic E-state index is 14.4. The Bertz CT molecular complexity index is 1530. The Hall–Kier alpha value is -3.59. The van der Waals surface area contributed by atoms with Crippen LogP contribution in [0.15, 0.2) is 48.9 Å². The van der Waals surface area contributed by atoms with Gasteiger partial charge in [0.25, 0.3) is 0 Å². The zero-order valence-electron chi connectivity index (χ0n) is 29.4. The average Bonchev–Trinajstić information content (AvgIpc) is 3.58. The molecule has 0 bridgehead atoms. The highest BCUT2D eigenvalue weighted by atomic mass is 35.5. The summed E-state index contributed by atoms with van der Waals surface area (Å²) in [6.07, 6.45) is 12.0. The summed E-state index contributed by atoms with van der Waals surface area (Å²) < 4.78 is 13.0. The summed E-state index contributed by atoms with van der Waals surface area (Å²) in [5.74, 6) is 2.13. The van der Waals surface area contributed by atoms with E-state index in [1.807, 2.05) is 46.2 Å². The molecule has 0 radical (unpaired) electrons. The van der Waals surface area contributed by atoms with Crippen LogP contribution in [0.2, 0.25) is 5.02 Å². The van der Waals surface area contributed by atoms with Gasteiger partial charge in [0.15, 0.2) is 0 Å². The van der Waals surface area contributed by atoms with Crippen molar-refractivity contribution in [1.29, 1.82) is 0 Å². The molecule has 3 aromatic rings. The van der Waals surface area contributed by atoms with Crippen molar-refractivity contribution in [3.63, 3.8) is 0 Å². The lowest BCUT2D eigenvalue weighted by molar-refractivity contribution is -0.124. The van der Waals surface area contributed by atoms with E-state index in [2.05, 4.69) is 51.1 Å². The number of carbonyl (C=O) groups excluding carboxylic acids is 2. The molecule has 0 saturated heterocycles. The molecule has 2 aliphatic rings. The van der Waals surface area contributed by atoms with E-state index in [1.54, 1.807) is 13.3 Å². The number of hydrogen-bond acceptors (Lipinski definition) is 6. The van der Waals surface area contributed by atoms with Crippen LogP contribution in [0.5, 0.6) is 5.75 Å². The van der Waals surface area contributed by atoms with Gasteiger partial charge < -0.3 is 14.8 Å². The van der Waals surface area contributed by atoms with Gasteiger partial charge in [-0.25, -0.2) is 9.78 Å². The number of hydrogen-bond donors (Lipinski definition) is 1. The molecule has 10 heteroatoms.